The number of benzene rings is 2. The first-order valence-electron chi connectivity index (χ1n) is 7.85. The van der Waals surface area contributed by atoms with Crippen molar-refractivity contribution in [3.05, 3.63) is 65.5 Å². The van der Waals surface area contributed by atoms with Crippen LogP contribution in [0.2, 0.25) is 0 Å². The van der Waals surface area contributed by atoms with Crippen LogP contribution in [0.15, 0.2) is 48.8 Å². The molecular formula is C19H19N3O. The quantitative estimate of drug-likeness (QED) is 0.748. The third-order valence-electron chi connectivity index (χ3n) is 4.65. The maximum Gasteiger partial charge on any atom is 0.254 e. The van der Waals surface area contributed by atoms with E-state index in [1.165, 1.54) is 11.1 Å². The van der Waals surface area contributed by atoms with Gasteiger partial charge in [0.25, 0.3) is 5.91 Å². The first-order valence-corrected chi connectivity index (χ1v) is 7.85. The molecule has 0 unspecified atom stereocenters. The standard InChI is InChI=1S/C19H19N3O/c1-19(2)11-22(10-14-5-3-4-6-15(14)19)18(23)13-7-8-16-17(9-13)21-12-20-16/h3-9,12H,10-11H2,1-2H3,(H,20,21). The van der Waals surface area contributed by atoms with Crippen LogP contribution in [0.3, 0.4) is 0 Å². The molecule has 0 saturated carbocycles. The largest absolute Gasteiger partial charge is 0.345 e. The summed E-state index contributed by atoms with van der Waals surface area (Å²) in [6, 6.07) is 14.0. The number of imidazole rings is 1. The zero-order valence-corrected chi connectivity index (χ0v) is 13.3. The fourth-order valence-corrected chi connectivity index (χ4v) is 3.54. The predicted molar refractivity (Wildman–Crippen MR) is 90.3 cm³/mol. The molecule has 3 aromatic rings. The van der Waals surface area contributed by atoms with Crippen molar-refractivity contribution in [2.75, 3.05) is 6.54 Å². The van der Waals surface area contributed by atoms with Crippen molar-refractivity contribution in [1.82, 2.24) is 14.9 Å². The van der Waals surface area contributed by atoms with Crippen LogP contribution >= 0.6 is 0 Å². The maximum atomic E-state index is 13.0. The van der Waals surface area contributed by atoms with Crippen LogP contribution in [-0.2, 0) is 12.0 Å². The zero-order valence-electron chi connectivity index (χ0n) is 13.3. The minimum Gasteiger partial charge on any atom is -0.345 e. The lowest BCUT2D eigenvalue weighted by Gasteiger charge is -2.40. The number of rotatable bonds is 1. The van der Waals surface area contributed by atoms with Crippen LogP contribution in [0, 0.1) is 0 Å². The van der Waals surface area contributed by atoms with Gasteiger partial charge in [-0.05, 0) is 29.3 Å². The summed E-state index contributed by atoms with van der Waals surface area (Å²) in [5.74, 6) is 0.0732. The minimum atomic E-state index is -0.0391. The summed E-state index contributed by atoms with van der Waals surface area (Å²) in [4.78, 5) is 22.2. The predicted octanol–water partition coefficient (Wildman–Crippen LogP) is 3.50. The van der Waals surface area contributed by atoms with E-state index in [4.69, 9.17) is 0 Å². The van der Waals surface area contributed by atoms with Crippen LogP contribution in [0.25, 0.3) is 11.0 Å². The Balaban J connectivity index is 1.69. The number of carbonyl (C=O) groups excluding carboxylic acids is 1. The van der Waals surface area contributed by atoms with Crippen molar-refractivity contribution in [3.63, 3.8) is 0 Å². The third kappa shape index (κ3) is 2.31. The molecule has 4 nitrogen and oxygen atoms in total. The molecule has 1 N–H and O–H groups in total. The third-order valence-corrected chi connectivity index (χ3v) is 4.65. The van der Waals surface area contributed by atoms with E-state index in [9.17, 15) is 4.79 Å². The number of nitrogens with zero attached hydrogens (tertiary/aromatic N) is 2. The lowest BCUT2D eigenvalue weighted by molar-refractivity contribution is 0.0686. The molecule has 0 atom stereocenters. The molecular weight excluding hydrogens is 286 g/mol. The fourth-order valence-electron chi connectivity index (χ4n) is 3.54. The van der Waals surface area contributed by atoms with Crippen LogP contribution in [0.5, 0.6) is 0 Å². The van der Waals surface area contributed by atoms with Crippen molar-refractivity contribution >= 4 is 16.9 Å². The van der Waals surface area contributed by atoms with Crippen LogP contribution in [0.4, 0.5) is 0 Å². The van der Waals surface area contributed by atoms with E-state index in [2.05, 4.69) is 42.0 Å². The molecule has 0 bridgehead atoms. The average molecular weight is 305 g/mol. The van der Waals surface area contributed by atoms with E-state index >= 15 is 0 Å². The molecule has 1 aliphatic heterocycles. The van der Waals surface area contributed by atoms with E-state index < -0.39 is 0 Å². The van der Waals surface area contributed by atoms with E-state index in [-0.39, 0.29) is 11.3 Å². The van der Waals surface area contributed by atoms with Gasteiger partial charge in [0.2, 0.25) is 0 Å². The Morgan fingerprint density at radius 2 is 2.04 bits per heavy atom. The summed E-state index contributed by atoms with van der Waals surface area (Å²) < 4.78 is 0. The summed E-state index contributed by atoms with van der Waals surface area (Å²) in [5.41, 5.74) is 5.02. The highest BCUT2D eigenvalue weighted by atomic mass is 16.2. The van der Waals surface area contributed by atoms with E-state index in [0.717, 1.165) is 17.6 Å². The van der Waals surface area contributed by atoms with Gasteiger partial charge in [-0.1, -0.05) is 38.1 Å². The molecule has 0 spiro atoms. The van der Waals surface area contributed by atoms with Crippen molar-refractivity contribution in [2.24, 2.45) is 0 Å². The van der Waals surface area contributed by atoms with Crippen LogP contribution in [0.1, 0.15) is 35.3 Å². The first kappa shape index (κ1) is 14.0. The number of hydrogen-bond acceptors (Lipinski definition) is 2. The highest BCUT2D eigenvalue weighted by Crippen LogP contribution is 2.33. The van der Waals surface area contributed by atoms with Gasteiger partial charge in [0.05, 0.1) is 17.4 Å². The van der Waals surface area contributed by atoms with E-state index in [1.807, 2.05) is 29.2 Å². The molecule has 4 heteroatoms. The Bertz CT molecular complexity index is 894. The highest BCUT2D eigenvalue weighted by Gasteiger charge is 2.33. The molecule has 116 valence electrons. The molecule has 2 heterocycles. The van der Waals surface area contributed by atoms with Crippen molar-refractivity contribution in [1.29, 1.82) is 0 Å². The molecule has 0 radical (unpaired) electrons. The summed E-state index contributed by atoms with van der Waals surface area (Å²) in [5, 5.41) is 0. The fraction of sp³-hybridized carbons (Fsp3) is 0.263. The summed E-state index contributed by atoms with van der Waals surface area (Å²) in [6.07, 6.45) is 1.65. The molecule has 2 aromatic carbocycles. The Morgan fingerprint density at radius 1 is 1.22 bits per heavy atom. The van der Waals surface area contributed by atoms with Gasteiger partial charge in [-0.3, -0.25) is 4.79 Å². The number of H-pyrrole nitrogens is 1. The topological polar surface area (TPSA) is 49.0 Å². The molecule has 0 fully saturated rings. The van der Waals surface area contributed by atoms with Gasteiger partial charge in [-0.25, -0.2) is 4.98 Å². The monoisotopic (exact) mass is 305 g/mol. The summed E-state index contributed by atoms with van der Waals surface area (Å²) >= 11 is 0. The van der Waals surface area contributed by atoms with Gasteiger partial charge in [0.15, 0.2) is 0 Å². The summed E-state index contributed by atoms with van der Waals surface area (Å²) in [7, 11) is 0. The zero-order chi connectivity index (χ0) is 16.0. The molecule has 0 saturated heterocycles. The number of carbonyl (C=O) groups is 1. The van der Waals surface area contributed by atoms with Crippen molar-refractivity contribution in [3.8, 4) is 0 Å². The second-order valence-corrected chi connectivity index (χ2v) is 6.84. The minimum absolute atomic E-state index is 0.0391. The Hall–Kier alpha value is -2.62. The number of fused-ring (bicyclic) bond motifs is 2. The highest BCUT2D eigenvalue weighted by molar-refractivity contribution is 5.97. The molecule has 23 heavy (non-hydrogen) atoms. The second-order valence-electron chi connectivity index (χ2n) is 6.84. The van der Waals surface area contributed by atoms with Crippen molar-refractivity contribution in [2.45, 2.75) is 25.8 Å². The van der Waals surface area contributed by atoms with Crippen LogP contribution in [-0.4, -0.2) is 27.3 Å². The van der Waals surface area contributed by atoms with E-state index in [0.29, 0.717) is 12.1 Å². The second kappa shape index (κ2) is 4.95. The van der Waals surface area contributed by atoms with Gasteiger partial charge < -0.3 is 9.88 Å². The Morgan fingerprint density at radius 3 is 2.91 bits per heavy atom. The van der Waals surface area contributed by atoms with E-state index in [1.54, 1.807) is 6.33 Å². The number of amides is 1. The van der Waals surface area contributed by atoms with Gasteiger partial charge in [-0.2, -0.15) is 0 Å². The Labute approximate surface area is 135 Å². The first-order chi connectivity index (χ1) is 11.0. The van der Waals surface area contributed by atoms with Crippen LogP contribution < -0.4 is 0 Å². The van der Waals surface area contributed by atoms with Gasteiger partial charge in [0, 0.05) is 24.1 Å². The lowest BCUT2D eigenvalue weighted by atomic mass is 9.78. The number of aromatic amines is 1. The SMILES string of the molecule is CC1(C)CN(C(=O)c2ccc3nc[nH]c3c2)Cc2ccccc21. The smallest absolute Gasteiger partial charge is 0.254 e. The molecule has 4 rings (SSSR count). The molecule has 1 aromatic heterocycles. The van der Waals surface area contributed by atoms with Gasteiger partial charge >= 0.3 is 0 Å². The van der Waals surface area contributed by atoms with Gasteiger partial charge in [0.1, 0.15) is 0 Å². The average Bonchev–Trinajstić information content (AvgIpc) is 3.01. The maximum absolute atomic E-state index is 13.0. The number of hydrogen-bond donors (Lipinski definition) is 1. The number of aromatic nitrogens is 2. The molecule has 0 aliphatic carbocycles. The Kier molecular flexibility index (Phi) is 3.01. The lowest BCUT2D eigenvalue weighted by Crippen LogP contribution is -2.45. The normalized spacial score (nSPS) is 16.3. The molecule has 1 amide bonds. The van der Waals surface area contributed by atoms with Gasteiger partial charge in [-0.15, -0.1) is 0 Å². The summed E-state index contributed by atoms with van der Waals surface area (Å²) in [6.45, 7) is 5.79. The van der Waals surface area contributed by atoms with Crippen molar-refractivity contribution < 1.29 is 4.79 Å². The number of nitrogens with one attached hydrogen (secondary N) is 1. The molecule has 1 aliphatic rings.